The molecule has 5 heteroatoms. The molecule has 0 saturated heterocycles. The van der Waals surface area contributed by atoms with Crippen molar-refractivity contribution in [1.29, 1.82) is 0 Å². The highest BCUT2D eigenvalue weighted by molar-refractivity contribution is 5.79. The summed E-state index contributed by atoms with van der Waals surface area (Å²) in [5, 5.41) is 8.62. The molecule has 1 N–H and O–H groups in total. The van der Waals surface area contributed by atoms with Crippen molar-refractivity contribution in [3.05, 3.63) is 0 Å². The van der Waals surface area contributed by atoms with Crippen LogP contribution in [0.25, 0.3) is 0 Å². The third kappa shape index (κ3) is 5.24. The fourth-order valence-corrected chi connectivity index (χ4v) is 1.35. The summed E-state index contributed by atoms with van der Waals surface area (Å²) in [7, 11) is 1.69. The van der Waals surface area contributed by atoms with Crippen LogP contribution in [0.4, 0.5) is 4.79 Å². The maximum atomic E-state index is 11.7. The molecular formula is C10H20N2O3. The van der Waals surface area contributed by atoms with E-state index in [1.54, 1.807) is 18.9 Å². The topological polar surface area (TPSA) is 60.9 Å². The molecule has 0 saturated carbocycles. The summed E-state index contributed by atoms with van der Waals surface area (Å²) in [6.07, 6.45) is 0. The van der Waals surface area contributed by atoms with Crippen molar-refractivity contribution in [3.63, 3.8) is 0 Å². The Bertz CT molecular complexity index is 229. The fraction of sp³-hybridized carbons (Fsp3) is 0.800. The monoisotopic (exact) mass is 216 g/mol. The number of aliphatic carboxylic acids is 1. The summed E-state index contributed by atoms with van der Waals surface area (Å²) < 4.78 is 0. The Kier molecular flexibility index (Phi) is 5.74. The van der Waals surface area contributed by atoms with Crippen LogP contribution in [-0.4, -0.2) is 53.6 Å². The van der Waals surface area contributed by atoms with E-state index in [9.17, 15) is 9.59 Å². The average Bonchev–Trinajstić information content (AvgIpc) is 2.11. The Balaban J connectivity index is 4.30. The third-order valence-electron chi connectivity index (χ3n) is 1.94. The number of carbonyl (C=O) groups is 2. The molecule has 0 rings (SSSR count). The number of urea groups is 1. The molecule has 0 heterocycles. The predicted octanol–water partition coefficient (Wildman–Crippen LogP) is 1.10. The number of nitrogens with zero attached hydrogens (tertiary/aromatic N) is 2. The molecule has 0 spiro atoms. The molecule has 0 aromatic heterocycles. The summed E-state index contributed by atoms with van der Waals surface area (Å²) >= 11 is 0. The normalized spacial score (nSPS) is 10.2. The molecule has 88 valence electrons. The molecule has 0 atom stereocenters. The zero-order valence-corrected chi connectivity index (χ0v) is 9.86. The molecule has 0 radical (unpaired) electrons. The number of rotatable bonds is 5. The van der Waals surface area contributed by atoms with E-state index in [2.05, 4.69) is 0 Å². The van der Waals surface area contributed by atoms with E-state index in [-0.39, 0.29) is 12.6 Å². The van der Waals surface area contributed by atoms with Gasteiger partial charge >= 0.3 is 12.0 Å². The molecular weight excluding hydrogens is 196 g/mol. The number of amides is 2. The zero-order valence-electron chi connectivity index (χ0n) is 9.86. The Hall–Kier alpha value is -1.26. The summed E-state index contributed by atoms with van der Waals surface area (Å²) in [5.41, 5.74) is 0. The quantitative estimate of drug-likeness (QED) is 0.748. The van der Waals surface area contributed by atoms with Gasteiger partial charge in [0, 0.05) is 20.1 Å². The summed E-state index contributed by atoms with van der Waals surface area (Å²) in [5.74, 6) is -0.606. The maximum absolute atomic E-state index is 11.7. The van der Waals surface area contributed by atoms with Gasteiger partial charge < -0.3 is 14.9 Å². The largest absolute Gasteiger partial charge is 0.480 e. The summed E-state index contributed by atoms with van der Waals surface area (Å²) in [6, 6.07) is -0.228. The first kappa shape index (κ1) is 13.7. The second-order valence-electron chi connectivity index (χ2n) is 3.96. The molecule has 15 heavy (non-hydrogen) atoms. The van der Waals surface area contributed by atoms with Crippen molar-refractivity contribution in [3.8, 4) is 0 Å². The van der Waals surface area contributed by atoms with E-state index in [0.29, 0.717) is 19.0 Å². The van der Waals surface area contributed by atoms with Crippen LogP contribution < -0.4 is 0 Å². The summed E-state index contributed by atoms with van der Waals surface area (Å²) in [4.78, 5) is 25.1. The van der Waals surface area contributed by atoms with Crippen molar-refractivity contribution in [2.75, 3.05) is 26.7 Å². The van der Waals surface area contributed by atoms with Crippen LogP contribution in [0.1, 0.15) is 20.8 Å². The van der Waals surface area contributed by atoms with E-state index in [1.807, 2.05) is 13.8 Å². The summed E-state index contributed by atoms with van der Waals surface area (Å²) in [6.45, 7) is 6.60. The van der Waals surface area contributed by atoms with Gasteiger partial charge in [-0.15, -0.1) is 0 Å². The minimum atomic E-state index is -0.983. The van der Waals surface area contributed by atoms with Gasteiger partial charge in [-0.05, 0) is 12.8 Å². The van der Waals surface area contributed by atoms with Crippen LogP contribution in [0.3, 0.4) is 0 Å². The van der Waals surface area contributed by atoms with Gasteiger partial charge in [0.05, 0.1) is 0 Å². The molecule has 0 fully saturated rings. The second-order valence-corrected chi connectivity index (χ2v) is 3.96. The van der Waals surface area contributed by atoms with Crippen LogP contribution >= 0.6 is 0 Å². The van der Waals surface area contributed by atoms with Crippen molar-refractivity contribution in [1.82, 2.24) is 9.80 Å². The van der Waals surface area contributed by atoms with Crippen molar-refractivity contribution >= 4 is 12.0 Å². The smallest absolute Gasteiger partial charge is 0.323 e. The standard InChI is InChI=1S/C10H20N2O3/c1-5-12(7-9(13)14)10(15)11(4)6-8(2)3/h8H,5-7H2,1-4H3,(H,13,14). The molecule has 0 unspecified atom stereocenters. The van der Waals surface area contributed by atoms with Gasteiger partial charge in [-0.3, -0.25) is 4.79 Å². The Morgan fingerprint density at radius 2 is 1.87 bits per heavy atom. The molecule has 0 aromatic rings. The minimum absolute atomic E-state index is 0.228. The van der Waals surface area contributed by atoms with Crippen LogP contribution in [0.2, 0.25) is 0 Å². The van der Waals surface area contributed by atoms with Crippen molar-refractivity contribution < 1.29 is 14.7 Å². The van der Waals surface area contributed by atoms with Gasteiger partial charge in [0.15, 0.2) is 0 Å². The van der Waals surface area contributed by atoms with Gasteiger partial charge in [0.1, 0.15) is 6.54 Å². The molecule has 0 aliphatic heterocycles. The minimum Gasteiger partial charge on any atom is -0.480 e. The maximum Gasteiger partial charge on any atom is 0.323 e. The lowest BCUT2D eigenvalue weighted by atomic mass is 10.2. The van der Waals surface area contributed by atoms with Gasteiger partial charge in [-0.25, -0.2) is 4.79 Å². The number of hydrogen-bond acceptors (Lipinski definition) is 2. The number of carbonyl (C=O) groups excluding carboxylic acids is 1. The molecule has 5 nitrogen and oxygen atoms in total. The van der Waals surface area contributed by atoms with E-state index in [4.69, 9.17) is 5.11 Å². The lowest BCUT2D eigenvalue weighted by molar-refractivity contribution is -0.137. The van der Waals surface area contributed by atoms with Gasteiger partial charge in [0.25, 0.3) is 0 Å². The Morgan fingerprint density at radius 1 is 1.33 bits per heavy atom. The first-order valence-corrected chi connectivity index (χ1v) is 5.10. The lowest BCUT2D eigenvalue weighted by Crippen LogP contribution is -2.44. The predicted molar refractivity (Wildman–Crippen MR) is 57.7 cm³/mol. The van der Waals surface area contributed by atoms with E-state index in [0.717, 1.165) is 0 Å². The first-order chi connectivity index (χ1) is 6.88. The molecule has 0 aliphatic carbocycles. The number of carboxylic acid groups (broad SMARTS) is 1. The van der Waals surface area contributed by atoms with Crippen molar-refractivity contribution in [2.24, 2.45) is 5.92 Å². The van der Waals surface area contributed by atoms with E-state index in [1.165, 1.54) is 4.90 Å². The van der Waals surface area contributed by atoms with Crippen LogP contribution in [0, 0.1) is 5.92 Å². The van der Waals surface area contributed by atoms with E-state index >= 15 is 0 Å². The molecule has 2 amide bonds. The first-order valence-electron chi connectivity index (χ1n) is 5.10. The highest BCUT2D eigenvalue weighted by atomic mass is 16.4. The van der Waals surface area contributed by atoms with Crippen LogP contribution in [-0.2, 0) is 4.79 Å². The fourth-order valence-electron chi connectivity index (χ4n) is 1.35. The molecule has 0 aromatic carbocycles. The second kappa shape index (κ2) is 6.27. The highest BCUT2D eigenvalue weighted by Gasteiger charge is 2.18. The van der Waals surface area contributed by atoms with Gasteiger partial charge in [-0.1, -0.05) is 13.8 Å². The van der Waals surface area contributed by atoms with E-state index < -0.39 is 5.97 Å². The number of carboxylic acids is 1. The average molecular weight is 216 g/mol. The zero-order chi connectivity index (χ0) is 12.0. The van der Waals surface area contributed by atoms with Crippen LogP contribution in [0.15, 0.2) is 0 Å². The highest BCUT2D eigenvalue weighted by Crippen LogP contribution is 2.01. The third-order valence-corrected chi connectivity index (χ3v) is 1.94. The number of hydrogen-bond donors (Lipinski definition) is 1. The SMILES string of the molecule is CCN(CC(=O)O)C(=O)N(C)CC(C)C. The Labute approximate surface area is 90.7 Å². The van der Waals surface area contributed by atoms with Crippen molar-refractivity contribution in [2.45, 2.75) is 20.8 Å². The van der Waals surface area contributed by atoms with Crippen LogP contribution in [0.5, 0.6) is 0 Å². The molecule has 0 aliphatic rings. The van der Waals surface area contributed by atoms with Gasteiger partial charge in [0.2, 0.25) is 0 Å². The number of likely N-dealkylation sites (N-methyl/N-ethyl adjacent to an activating group) is 1. The Morgan fingerprint density at radius 3 is 2.20 bits per heavy atom. The molecule has 0 bridgehead atoms. The lowest BCUT2D eigenvalue weighted by Gasteiger charge is -2.27. The van der Waals surface area contributed by atoms with Gasteiger partial charge in [-0.2, -0.15) is 0 Å².